The van der Waals surface area contributed by atoms with Crippen LogP contribution in [0.25, 0.3) is 0 Å². The minimum absolute atomic E-state index is 0.0590. The lowest BCUT2D eigenvalue weighted by Gasteiger charge is -2.16. The van der Waals surface area contributed by atoms with Crippen LogP contribution in [0.3, 0.4) is 0 Å². The molecule has 0 fully saturated rings. The van der Waals surface area contributed by atoms with Crippen LogP contribution in [-0.2, 0) is 6.42 Å². The van der Waals surface area contributed by atoms with Crippen molar-refractivity contribution in [2.75, 3.05) is 6.54 Å². The van der Waals surface area contributed by atoms with Crippen LogP contribution in [-0.4, -0.2) is 16.1 Å². The number of hydrogen-bond donors (Lipinski definition) is 1. The third-order valence-electron chi connectivity index (χ3n) is 2.79. The minimum Gasteiger partial charge on any atom is -0.309 e. The Morgan fingerprint density at radius 2 is 2.32 bits per heavy atom. The molecule has 0 radical (unpaired) electrons. The molecule has 0 amide bonds. The first-order valence-corrected chi connectivity index (χ1v) is 7.72. The van der Waals surface area contributed by atoms with Crippen LogP contribution in [0, 0.1) is 5.82 Å². The highest BCUT2D eigenvalue weighted by Crippen LogP contribution is 2.24. The highest BCUT2D eigenvalue weighted by molar-refractivity contribution is 9.10. The zero-order valence-corrected chi connectivity index (χ0v) is 13.0. The predicted molar refractivity (Wildman–Crippen MR) is 78.7 cm³/mol. The zero-order chi connectivity index (χ0) is 13.7. The third kappa shape index (κ3) is 4.06. The largest absolute Gasteiger partial charge is 0.309 e. The summed E-state index contributed by atoms with van der Waals surface area (Å²) in [4.78, 5) is 1.04. The third-order valence-corrected chi connectivity index (χ3v) is 4.06. The molecule has 0 saturated heterocycles. The van der Waals surface area contributed by atoms with E-state index in [1.165, 1.54) is 17.6 Å². The molecule has 1 heterocycles. The Morgan fingerprint density at radius 1 is 1.47 bits per heavy atom. The number of aromatic nitrogens is 2. The first-order valence-electron chi connectivity index (χ1n) is 6.15. The standard InChI is InChI=1S/C13H15BrFN3S/c1-2-5-16-12(13-8-17-18-19-13)7-9-6-10(14)3-4-11(9)15/h3-4,6,8,12,16H,2,5,7H2,1H3. The monoisotopic (exact) mass is 343 g/mol. The molecule has 0 aliphatic heterocycles. The first kappa shape index (κ1) is 14.6. The summed E-state index contributed by atoms with van der Waals surface area (Å²) in [5.41, 5.74) is 0.691. The van der Waals surface area contributed by atoms with Gasteiger partial charge in [0.2, 0.25) is 0 Å². The van der Waals surface area contributed by atoms with Gasteiger partial charge in [0.05, 0.1) is 11.1 Å². The van der Waals surface area contributed by atoms with Crippen LogP contribution in [0.4, 0.5) is 4.39 Å². The average Bonchev–Trinajstić information content (AvgIpc) is 2.92. The van der Waals surface area contributed by atoms with E-state index >= 15 is 0 Å². The van der Waals surface area contributed by atoms with E-state index in [-0.39, 0.29) is 11.9 Å². The maximum atomic E-state index is 13.8. The summed E-state index contributed by atoms with van der Waals surface area (Å²) in [5.74, 6) is -0.177. The summed E-state index contributed by atoms with van der Waals surface area (Å²) in [6.07, 6.45) is 3.37. The number of rotatable bonds is 6. The molecule has 0 saturated carbocycles. The van der Waals surface area contributed by atoms with Crippen LogP contribution in [0.5, 0.6) is 0 Å². The number of nitrogens with one attached hydrogen (secondary N) is 1. The van der Waals surface area contributed by atoms with E-state index in [2.05, 4.69) is 37.8 Å². The molecule has 0 aliphatic rings. The Balaban J connectivity index is 2.17. The van der Waals surface area contributed by atoms with Gasteiger partial charge in [-0.2, -0.15) is 0 Å². The lowest BCUT2D eigenvalue weighted by Crippen LogP contribution is -2.23. The summed E-state index contributed by atoms with van der Waals surface area (Å²) >= 11 is 4.73. The molecule has 19 heavy (non-hydrogen) atoms. The molecule has 0 aliphatic carbocycles. The van der Waals surface area contributed by atoms with E-state index in [0.717, 1.165) is 22.3 Å². The molecule has 2 rings (SSSR count). The molecule has 1 N–H and O–H groups in total. The quantitative estimate of drug-likeness (QED) is 0.868. The van der Waals surface area contributed by atoms with Crippen LogP contribution < -0.4 is 5.32 Å². The van der Waals surface area contributed by atoms with Crippen LogP contribution in [0.15, 0.2) is 28.9 Å². The fourth-order valence-corrected chi connectivity index (χ4v) is 2.83. The van der Waals surface area contributed by atoms with Gasteiger partial charge >= 0.3 is 0 Å². The van der Waals surface area contributed by atoms with E-state index in [9.17, 15) is 4.39 Å². The van der Waals surface area contributed by atoms with Gasteiger partial charge in [-0.05, 0) is 54.7 Å². The van der Waals surface area contributed by atoms with Crippen molar-refractivity contribution in [3.8, 4) is 0 Å². The molecule has 0 spiro atoms. The van der Waals surface area contributed by atoms with Gasteiger partial charge in [-0.15, -0.1) is 5.10 Å². The van der Waals surface area contributed by atoms with Gasteiger partial charge in [0.25, 0.3) is 0 Å². The van der Waals surface area contributed by atoms with E-state index < -0.39 is 0 Å². The Kier molecular flexibility index (Phi) is 5.42. The number of benzene rings is 1. The maximum Gasteiger partial charge on any atom is 0.126 e. The number of hydrogen-bond acceptors (Lipinski definition) is 4. The van der Waals surface area contributed by atoms with E-state index in [0.29, 0.717) is 12.0 Å². The molecule has 0 bridgehead atoms. The Bertz CT molecular complexity index is 519. The molecule has 3 nitrogen and oxygen atoms in total. The van der Waals surface area contributed by atoms with Crippen LogP contribution >= 0.6 is 27.5 Å². The summed E-state index contributed by atoms with van der Waals surface area (Å²) in [6.45, 7) is 2.99. The smallest absolute Gasteiger partial charge is 0.126 e. The average molecular weight is 344 g/mol. The van der Waals surface area contributed by atoms with Crippen molar-refractivity contribution >= 4 is 27.5 Å². The van der Waals surface area contributed by atoms with Crippen molar-refractivity contribution in [2.24, 2.45) is 0 Å². The molecule has 1 aromatic carbocycles. The van der Waals surface area contributed by atoms with Crippen molar-refractivity contribution in [2.45, 2.75) is 25.8 Å². The molecule has 2 aromatic rings. The molecule has 102 valence electrons. The summed E-state index contributed by atoms with van der Waals surface area (Å²) in [5, 5.41) is 7.27. The van der Waals surface area contributed by atoms with Crippen LogP contribution in [0.2, 0.25) is 0 Å². The molecule has 6 heteroatoms. The Hall–Kier alpha value is -0.850. The normalized spacial score (nSPS) is 12.6. The molecule has 1 aromatic heterocycles. The van der Waals surface area contributed by atoms with E-state index in [1.54, 1.807) is 12.3 Å². The van der Waals surface area contributed by atoms with Crippen LogP contribution in [0.1, 0.15) is 29.8 Å². The van der Waals surface area contributed by atoms with Gasteiger partial charge in [0.15, 0.2) is 0 Å². The Labute approximate surface area is 124 Å². The highest BCUT2D eigenvalue weighted by atomic mass is 79.9. The van der Waals surface area contributed by atoms with Crippen molar-refractivity contribution in [3.63, 3.8) is 0 Å². The minimum atomic E-state index is -0.177. The van der Waals surface area contributed by atoms with Gasteiger partial charge in [0, 0.05) is 10.5 Å². The fourth-order valence-electron chi connectivity index (χ4n) is 1.84. The lowest BCUT2D eigenvalue weighted by atomic mass is 10.0. The summed E-state index contributed by atoms with van der Waals surface area (Å²) in [7, 11) is 0. The summed E-state index contributed by atoms with van der Waals surface area (Å²) < 4.78 is 18.6. The molecular weight excluding hydrogens is 329 g/mol. The topological polar surface area (TPSA) is 37.8 Å². The number of nitrogens with zero attached hydrogens (tertiary/aromatic N) is 2. The van der Waals surface area contributed by atoms with Gasteiger partial charge < -0.3 is 5.32 Å². The van der Waals surface area contributed by atoms with Gasteiger partial charge in [-0.25, -0.2) is 4.39 Å². The van der Waals surface area contributed by atoms with Crippen molar-refractivity contribution in [3.05, 3.63) is 45.1 Å². The summed E-state index contributed by atoms with van der Waals surface area (Å²) in [6, 6.07) is 5.08. The molecule has 1 unspecified atom stereocenters. The van der Waals surface area contributed by atoms with Gasteiger partial charge in [-0.3, -0.25) is 0 Å². The van der Waals surface area contributed by atoms with Crippen molar-refractivity contribution in [1.29, 1.82) is 0 Å². The molecular formula is C13H15BrFN3S. The molecule has 1 atom stereocenters. The van der Waals surface area contributed by atoms with Gasteiger partial charge in [-0.1, -0.05) is 27.3 Å². The second kappa shape index (κ2) is 7.07. The Morgan fingerprint density at radius 3 is 3.00 bits per heavy atom. The fraction of sp³-hybridized carbons (Fsp3) is 0.385. The van der Waals surface area contributed by atoms with Crippen molar-refractivity contribution < 1.29 is 4.39 Å². The first-order chi connectivity index (χ1) is 9.20. The van der Waals surface area contributed by atoms with E-state index in [1.807, 2.05) is 6.07 Å². The zero-order valence-electron chi connectivity index (χ0n) is 10.6. The van der Waals surface area contributed by atoms with Crippen molar-refractivity contribution in [1.82, 2.24) is 14.9 Å². The predicted octanol–water partition coefficient (Wildman–Crippen LogP) is 3.72. The lowest BCUT2D eigenvalue weighted by molar-refractivity contribution is 0.518. The second-order valence-corrected chi connectivity index (χ2v) is 6.00. The second-order valence-electron chi connectivity index (χ2n) is 4.27. The maximum absolute atomic E-state index is 13.8. The van der Waals surface area contributed by atoms with E-state index in [4.69, 9.17) is 0 Å². The van der Waals surface area contributed by atoms with Gasteiger partial charge in [0.1, 0.15) is 5.82 Å². The highest BCUT2D eigenvalue weighted by Gasteiger charge is 2.16. The number of halogens is 2. The SMILES string of the molecule is CCCNC(Cc1cc(Br)ccc1F)c1cnns1.